The smallest absolute Gasteiger partial charge is 0.326 e. The lowest BCUT2D eigenvalue weighted by Crippen LogP contribution is -2.62. The van der Waals surface area contributed by atoms with E-state index >= 15 is 9.59 Å². The Balaban J connectivity index is 1.87. The van der Waals surface area contributed by atoms with Crippen molar-refractivity contribution in [2.45, 2.75) is 185 Å². The number of phenolic OH excluding ortho intramolecular Hbond substituents is 2. The largest absolute Gasteiger partial charge is 0.508 e. The molecule has 0 bridgehead atoms. The average Bonchev–Trinajstić information content (AvgIpc) is 0.901. The Bertz CT molecular complexity index is 3350. The fraction of sp³-hybridized carbons (Fsp3) is 0.522. The summed E-state index contributed by atoms with van der Waals surface area (Å²) in [6.07, 6.45) is -2.65. The number of amides is 10. The molecule has 1 aliphatic heterocycles. The predicted octanol–water partition coefficient (Wildman–Crippen LogP) is -0.298. The van der Waals surface area contributed by atoms with E-state index in [2.05, 4.69) is 58.2 Å². The van der Waals surface area contributed by atoms with Gasteiger partial charge in [-0.1, -0.05) is 131 Å². The summed E-state index contributed by atoms with van der Waals surface area (Å²) in [4.78, 5) is 186. The number of hydrogen-bond acceptors (Lipinski definition) is 19. The van der Waals surface area contributed by atoms with E-state index < -0.39 is 192 Å². The molecule has 554 valence electrons. The number of aliphatic carboxylic acids is 3. The van der Waals surface area contributed by atoms with E-state index in [1.165, 1.54) is 48.5 Å². The van der Waals surface area contributed by atoms with Gasteiger partial charge in [-0.2, -0.15) is 0 Å². The molecule has 10 amide bonds. The number of nitrogens with two attached hydrogens (primary N) is 3. The van der Waals surface area contributed by atoms with Crippen LogP contribution < -0.4 is 70.4 Å². The van der Waals surface area contributed by atoms with E-state index in [0.717, 1.165) is 21.6 Å². The molecule has 0 radical (unpaired) electrons. The van der Waals surface area contributed by atoms with Crippen LogP contribution in [-0.4, -0.2) is 193 Å². The monoisotopic (exact) mass is 1450 g/mol. The third-order valence-corrected chi connectivity index (χ3v) is 18.9. The molecule has 0 aliphatic carbocycles. The third kappa shape index (κ3) is 29.6. The number of carbonyl (C=O) groups is 13. The second-order valence-electron chi connectivity index (χ2n) is 25.1. The highest BCUT2D eigenvalue weighted by atomic mass is 33.1. The zero-order chi connectivity index (χ0) is 75.0. The Morgan fingerprint density at radius 1 is 0.574 bits per heavy atom. The zero-order valence-corrected chi connectivity index (χ0v) is 58.9. The molecule has 0 aromatic heterocycles. The van der Waals surface area contributed by atoms with Crippen molar-refractivity contribution in [2.75, 3.05) is 18.1 Å². The van der Waals surface area contributed by atoms with Crippen LogP contribution in [0.2, 0.25) is 0 Å². The zero-order valence-electron chi connectivity index (χ0n) is 57.2. The fourth-order valence-electron chi connectivity index (χ4n) is 10.3. The number of hydrogen-bond donors (Lipinski definition) is 18. The fourth-order valence-corrected chi connectivity index (χ4v) is 12.7. The molecule has 1 saturated heterocycles. The molecule has 4 rings (SSSR count). The summed E-state index contributed by atoms with van der Waals surface area (Å²) < 4.78 is 0. The topological polar surface area (TPSA) is 534 Å². The van der Waals surface area contributed by atoms with Crippen molar-refractivity contribution < 1.29 is 87.9 Å². The summed E-state index contributed by atoms with van der Waals surface area (Å²) in [5, 5.41) is 75.8. The molecule has 21 N–H and O–H groups in total. The van der Waals surface area contributed by atoms with E-state index in [-0.39, 0.29) is 74.9 Å². The second kappa shape index (κ2) is 42.4. The highest BCUT2D eigenvalue weighted by molar-refractivity contribution is 8.76. The number of aromatic hydroxyl groups is 2. The minimum absolute atomic E-state index is 0.0464. The van der Waals surface area contributed by atoms with Crippen molar-refractivity contribution in [3.05, 3.63) is 95.6 Å². The van der Waals surface area contributed by atoms with Crippen LogP contribution in [0.15, 0.2) is 83.9 Å². The first-order chi connectivity index (χ1) is 47.8. The number of guanidine groups is 1. The standard InChI is InChI=1S/C67H96N14O18S2/c1-7-36(5)54-64(96)73-44(24-26-52(84)85)57(89)76-48(31-38-13-10-9-11-14-38)60(92)79-51(34-101-100-33-50(62(94)72-45(58(90)80-54)25-27-53(86)87)78-56(88)43(68)30-39-16-20-41(82)21-17-39)63(95)77-49(32-40-18-22-42(83)23-19-40)59(91)75-47(29-35(3)4)61(93)81-55(37(6)8-2)65(97)74-46(66(98)99)15-12-28-71-67(69)70/h9-11,13-14,16-23,35-37,43-51,54-55,82-83H,7-8,12,15,24-34,68H2,1-6H3,(H,72,94)(H,73,96)(H,74,97)(H,75,91)(H,76,89)(H,77,95)(H,78,88)(H,79,92)(H,80,90)(H,81,93)(H,84,85)(H,86,87)(H,98,99)(H4,69,70,71)/t36-,37-,43-,44-,45-,46-,47+,48+,49-,50-,51-,54-,55-/m0/s1. The van der Waals surface area contributed by atoms with Crippen molar-refractivity contribution in [1.82, 2.24) is 53.2 Å². The van der Waals surface area contributed by atoms with E-state index in [1.807, 2.05) is 0 Å². The summed E-state index contributed by atoms with van der Waals surface area (Å²) in [6.45, 7) is 10.2. The molecular formula is C67H96N14O18S2. The predicted molar refractivity (Wildman–Crippen MR) is 376 cm³/mol. The van der Waals surface area contributed by atoms with Crippen LogP contribution in [-0.2, 0) is 81.6 Å². The summed E-state index contributed by atoms with van der Waals surface area (Å²) in [7, 11) is 1.72. The summed E-state index contributed by atoms with van der Waals surface area (Å²) >= 11 is 0. The number of carboxylic acids is 3. The van der Waals surface area contributed by atoms with Crippen molar-refractivity contribution in [3.8, 4) is 11.5 Å². The maximum atomic E-state index is 15.3. The molecule has 0 spiro atoms. The third-order valence-electron chi connectivity index (χ3n) is 16.5. The first-order valence-electron chi connectivity index (χ1n) is 33.1. The van der Waals surface area contributed by atoms with Gasteiger partial charge in [0.1, 0.15) is 71.9 Å². The van der Waals surface area contributed by atoms with Gasteiger partial charge in [0.25, 0.3) is 0 Å². The van der Waals surface area contributed by atoms with E-state index in [1.54, 1.807) is 71.9 Å². The van der Waals surface area contributed by atoms with Crippen LogP contribution in [0.3, 0.4) is 0 Å². The molecule has 34 heteroatoms. The maximum absolute atomic E-state index is 15.3. The van der Waals surface area contributed by atoms with Crippen LogP contribution in [0.1, 0.15) is 116 Å². The molecule has 1 heterocycles. The highest BCUT2D eigenvalue weighted by Gasteiger charge is 2.39. The summed E-state index contributed by atoms with van der Waals surface area (Å²) in [5.74, 6) is -16.9. The second-order valence-corrected chi connectivity index (χ2v) is 27.7. The van der Waals surface area contributed by atoms with Crippen molar-refractivity contribution in [3.63, 3.8) is 0 Å². The molecule has 3 aromatic carbocycles. The summed E-state index contributed by atoms with van der Waals surface area (Å²) in [5.41, 5.74) is 18.5. The van der Waals surface area contributed by atoms with Gasteiger partial charge in [0.05, 0.1) is 6.04 Å². The Labute approximate surface area is 593 Å². The van der Waals surface area contributed by atoms with Crippen molar-refractivity contribution in [1.29, 1.82) is 0 Å². The number of aliphatic imine (C=N–C) groups is 1. The van der Waals surface area contributed by atoms with E-state index in [9.17, 15) is 78.3 Å². The van der Waals surface area contributed by atoms with Gasteiger partial charge in [-0.3, -0.25) is 62.5 Å². The van der Waals surface area contributed by atoms with Crippen LogP contribution >= 0.6 is 21.6 Å². The quantitative estimate of drug-likeness (QED) is 0.0161. The Morgan fingerprint density at radius 3 is 1.64 bits per heavy atom. The SMILES string of the molecule is CC[C@H](C)[C@@H]1NC(=O)[C@H](CCC(=O)O)NC(=O)[C@@H](NC(=O)[C@@H](N)Cc2ccc(O)cc2)CSSC[C@@H](C(=O)N[C@@H](Cc2ccc(O)cc2)C(=O)N[C@H](CC(C)C)C(=O)N[C@H](C(=O)N[C@@H](CCCN=C(N)N)C(=O)O)[C@@H](C)CC)NC(=O)[C@@H](Cc2ccccc2)NC(=O)[C@H](CCC(=O)O)NC1=O. The maximum Gasteiger partial charge on any atom is 0.326 e. The molecule has 32 nitrogen and oxygen atoms in total. The lowest BCUT2D eigenvalue weighted by molar-refractivity contribution is -0.143. The van der Waals surface area contributed by atoms with Gasteiger partial charge >= 0.3 is 17.9 Å². The van der Waals surface area contributed by atoms with Crippen molar-refractivity contribution >= 4 is 105 Å². The normalized spacial score (nSPS) is 20.1. The van der Waals surface area contributed by atoms with Gasteiger partial charge in [0.2, 0.25) is 59.1 Å². The number of carbonyl (C=O) groups excluding carboxylic acids is 10. The first-order valence-corrected chi connectivity index (χ1v) is 35.6. The minimum Gasteiger partial charge on any atom is -0.508 e. The molecule has 13 atom stereocenters. The van der Waals surface area contributed by atoms with E-state index in [0.29, 0.717) is 23.1 Å². The van der Waals surface area contributed by atoms with Gasteiger partial charge in [0, 0.05) is 43.7 Å². The van der Waals surface area contributed by atoms with E-state index in [4.69, 9.17) is 17.2 Å². The number of rotatable bonds is 33. The molecule has 1 aliphatic rings. The van der Waals surface area contributed by atoms with Crippen LogP contribution in [0.25, 0.3) is 0 Å². The molecule has 101 heavy (non-hydrogen) atoms. The molecular weight excluding hydrogens is 1350 g/mol. The van der Waals surface area contributed by atoms with Gasteiger partial charge in [0.15, 0.2) is 5.96 Å². The minimum atomic E-state index is -1.72. The molecule has 1 fully saturated rings. The average molecular weight is 1450 g/mol. The number of nitrogens with one attached hydrogen (secondary N) is 10. The molecule has 3 aromatic rings. The van der Waals surface area contributed by atoms with Crippen LogP contribution in [0.4, 0.5) is 0 Å². The summed E-state index contributed by atoms with van der Waals surface area (Å²) in [6, 6.07) is 2.52. The Kier molecular flexibility index (Phi) is 35.2. The van der Waals surface area contributed by atoms with Gasteiger partial charge in [-0.25, -0.2) is 4.79 Å². The Morgan fingerprint density at radius 2 is 1.10 bits per heavy atom. The van der Waals surface area contributed by atoms with Crippen molar-refractivity contribution in [2.24, 2.45) is 39.9 Å². The van der Waals surface area contributed by atoms with Gasteiger partial charge in [-0.15, -0.1) is 0 Å². The highest BCUT2D eigenvalue weighted by Crippen LogP contribution is 2.25. The number of carboxylic acid groups (broad SMARTS) is 3. The number of phenols is 2. The molecule has 0 saturated carbocycles. The number of benzene rings is 3. The lowest BCUT2D eigenvalue weighted by Gasteiger charge is -2.30. The first kappa shape index (κ1) is 83.7. The van der Waals surface area contributed by atoms with Crippen LogP contribution in [0.5, 0.6) is 11.5 Å². The van der Waals surface area contributed by atoms with Crippen LogP contribution in [0, 0.1) is 17.8 Å². The Hall–Kier alpha value is -9.70. The lowest BCUT2D eigenvalue weighted by atomic mass is 9.96. The molecule has 0 unspecified atom stereocenters. The van der Waals surface area contributed by atoms with Gasteiger partial charge in [-0.05, 0) is 97.2 Å². The van der Waals surface area contributed by atoms with Gasteiger partial charge < -0.3 is 95.9 Å². The number of nitrogens with zero attached hydrogens (tertiary/aromatic N) is 1.